The Balaban J connectivity index is 1.42. The molecule has 1 aliphatic heterocycles. The summed E-state index contributed by atoms with van der Waals surface area (Å²) in [4.78, 5) is 21.1. The summed E-state index contributed by atoms with van der Waals surface area (Å²) >= 11 is 0. The van der Waals surface area contributed by atoms with Gasteiger partial charge in [0.2, 0.25) is 11.7 Å². The molecule has 8 heteroatoms. The average molecular weight is 400 g/mol. The number of rotatable bonds is 4. The van der Waals surface area contributed by atoms with Crippen molar-refractivity contribution in [2.45, 2.75) is 26.3 Å². The molecule has 1 saturated heterocycles. The second-order valence-electron chi connectivity index (χ2n) is 7.46. The van der Waals surface area contributed by atoms with Crippen molar-refractivity contribution in [1.29, 1.82) is 0 Å². The van der Waals surface area contributed by atoms with Crippen LogP contribution < -0.4 is 0 Å². The van der Waals surface area contributed by atoms with E-state index in [2.05, 4.69) is 20.3 Å². The molecule has 150 valence electrons. The Morgan fingerprint density at radius 3 is 2.47 bits per heavy atom. The van der Waals surface area contributed by atoms with Crippen LogP contribution in [0.4, 0.5) is 0 Å². The summed E-state index contributed by atoms with van der Waals surface area (Å²) in [6.45, 7) is 4.61. The van der Waals surface area contributed by atoms with E-state index in [1.54, 1.807) is 17.3 Å². The fraction of sp³-hybridized carbons (Fsp3) is 0.227. The molecule has 0 radical (unpaired) electrons. The number of amides is 1. The van der Waals surface area contributed by atoms with Crippen LogP contribution in [0.5, 0.6) is 0 Å². The molecule has 2 aromatic heterocycles. The van der Waals surface area contributed by atoms with Gasteiger partial charge in [-0.05, 0) is 32.4 Å². The second kappa shape index (κ2) is 7.22. The smallest absolute Gasteiger partial charge is 0.256 e. The third kappa shape index (κ3) is 3.16. The zero-order valence-corrected chi connectivity index (χ0v) is 16.7. The first-order chi connectivity index (χ1) is 14.6. The van der Waals surface area contributed by atoms with Crippen molar-refractivity contribution in [3.63, 3.8) is 0 Å². The van der Waals surface area contributed by atoms with Crippen LogP contribution in [0.1, 0.15) is 39.8 Å². The zero-order valence-electron chi connectivity index (χ0n) is 16.7. The van der Waals surface area contributed by atoms with Crippen LogP contribution >= 0.6 is 0 Å². The Kier molecular flexibility index (Phi) is 4.39. The Hall–Kier alpha value is -3.81. The summed E-state index contributed by atoms with van der Waals surface area (Å²) in [6, 6.07) is 13.4. The van der Waals surface area contributed by atoms with E-state index in [0.29, 0.717) is 29.5 Å². The van der Waals surface area contributed by atoms with E-state index >= 15 is 0 Å². The van der Waals surface area contributed by atoms with E-state index < -0.39 is 0 Å². The summed E-state index contributed by atoms with van der Waals surface area (Å²) in [5, 5.41) is 12.5. The van der Waals surface area contributed by atoms with Crippen LogP contribution in [-0.2, 0) is 0 Å². The molecule has 0 bridgehead atoms. The van der Waals surface area contributed by atoms with E-state index in [4.69, 9.17) is 4.52 Å². The lowest BCUT2D eigenvalue weighted by Gasteiger charge is -2.38. The minimum atomic E-state index is -0.233. The van der Waals surface area contributed by atoms with E-state index in [9.17, 15) is 4.79 Å². The fourth-order valence-corrected chi connectivity index (χ4v) is 3.57. The normalized spacial score (nSPS) is 15.8. The minimum Gasteiger partial charge on any atom is -0.337 e. The third-order valence-electron chi connectivity index (χ3n) is 5.33. The number of likely N-dealkylation sites (tertiary alicyclic amines) is 1. The predicted molar refractivity (Wildman–Crippen MR) is 109 cm³/mol. The maximum absolute atomic E-state index is 13.4. The van der Waals surface area contributed by atoms with Gasteiger partial charge in [-0.15, -0.1) is 0 Å². The maximum Gasteiger partial charge on any atom is 0.256 e. The third-order valence-corrected chi connectivity index (χ3v) is 5.33. The highest BCUT2D eigenvalue weighted by molar-refractivity contribution is 5.98. The van der Waals surface area contributed by atoms with Crippen LogP contribution in [0, 0.1) is 13.8 Å². The quantitative estimate of drug-likeness (QED) is 0.521. The van der Waals surface area contributed by atoms with E-state index in [1.807, 2.05) is 56.3 Å². The van der Waals surface area contributed by atoms with E-state index in [1.165, 1.54) is 10.4 Å². The minimum absolute atomic E-state index is 0.0997. The van der Waals surface area contributed by atoms with E-state index in [0.717, 1.165) is 17.5 Å². The van der Waals surface area contributed by atoms with Gasteiger partial charge in [0.15, 0.2) is 0 Å². The number of aryl methyl sites for hydroxylation is 2. The number of carbonyl (C=O) groups excluding carboxylic acids is 1. The summed E-state index contributed by atoms with van der Waals surface area (Å²) in [5.41, 5.74) is 4.24. The molecular weight excluding hydrogens is 380 g/mol. The van der Waals surface area contributed by atoms with Crippen molar-refractivity contribution in [2.75, 3.05) is 6.54 Å². The van der Waals surface area contributed by atoms with Crippen LogP contribution in [0.2, 0.25) is 0 Å². The van der Waals surface area contributed by atoms with Crippen molar-refractivity contribution >= 4 is 5.91 Å². The molecule has 1 fully saturated rings. The molecule has 0 N–H and O–H groups in total. The number of hydrogen-bond donors (Lipinski definition) is 0. The van der Waals surface area contributed by atoms with Gasteiger partial charge in [-0.1, -0.05) is 46.6 Å². The Labute approximate surface area is 173 Å². The molecule has 1 amide bonds. The number of carbonyl (C=O) groups is 1. The highest BCUT2D eigenvalue weighted by Gasteiger charge is 2.38. The molecule has 3 heterocycles. The lowest BCUT2D eigenvalue weighted by molar-refractivity contribution is 0.0378. The number of nitrogens with zero attached hydrogens (tertiary/aromatic N) is 6. The molecule has 4 aromatic rings. The summed E-state index contributed by atoms with van der Waals surface area (Å²) in [7, 11) is 0. The van der Waals surface area contributed by atoms with Crippen LogP contribution in [0.15, 0.2) is 59.4 Å². The zero-order chi connectivity index (χ0) is 20.7. The standard InChI is InChI=1S/C22H20N6O2/c1-14-3-6-16(7-4-14)20-25-21(30-26-20)19-9-12-27(19)22(29)17-13-15(2)5-8-18(17)28-23-10-11-24-28/h3-8,10-11,13,19H,9,12H2,1-2H3. The molecule has 1 unspecified atom stereocenters. The lowest BCUT2D eigenvalue weighted by atomic mass is 9.99. The molecule has 0 aliphatic carbocycles. The monoisotopic (exact) mass is 400 g/mol. The number of benzene rings is 2. The summed E-state index contributed by atoms with van der Waals surface area (Å²) in [6.07, 6.45) is 3.96. The van der Waals surface area contributed by atoms with Gasteiger partial charge in [-0.2, -0.15) is 20.0 Å². The van der Waals surface area contributed by atoms with Gasteiger partial charge >= 0.3 is 0 Å². The first-order valence-electron chi connectivity index (χ1n) is 9.79. The molecule has 5 rings (SSSR count). The highest BCUT2D eigenvalue weighted by Crippen LogP contribution is 2.35. The lowest BCUT2D eigenvalue weighted by Crippen LogP contribution is -2.45. The van der Waals surface area contributed by atoms with Crippen molar-refractivity contribution in [1.82, 2.24) is 30.0 Å². The van der Waals surface area contributed by atoms with Gasteiger partial charge in [0.05, 0.1) is 23.6 Å². The average Bonchev–Trinajstić information content (AvgIpc) is 3.40. The second-order valence-corrected chi connectivity index (χ2v) is 7.46. The van der Waals surface area contributed by atoms with Crippen molar-refractivity contribution in [3.8, 4) is 17.1 Å². The van der Waals surface area contributed by atoms with Crippen LogP contribution in [-0.4, -0.2) is 42.5 Å². The van der Waals surface area contributed by atoms with Crippen molar-refractivity contribution in [3.05, 3.63) is 77.4 Å². The highest BCUT2D eigenvalue weighted by atomic mass is 16.5. The number of aromatic nitrogens is 5. The molecule has 2 aromatic carbocycles. The van der Waals surface area contributed by atoms with Gasteiger partial charge in [0.1, 0.15) is 6.04 Å². The molecule has 30 heavy (non-hydrogen) atoms. The van der Waals surface area contributed by atoms with Crippen LogP contribution in [0.3, 0.4) is 0 Å². The van der Waals surface area contributed by atoms with Gasteiger partial charge in [0, 0.05) is 12.1 Å². The SMILES string of the molecule is Cc1ccc(-c2noc(C3CCN3C(=O)c3cc(C)ccc3-n3nccn3)n2)cc1. The molecule has 1 aliphatic rings. The van der Waals surface area contributed by atoms with E-state index in [-0.39, 0.29) is 11.9 Å². The van der Waals surface area contributed by atoms with Crippen LogP contribution in [0.25, 0.3) is 17.1 Å². The van der Waals surface area contributed by atoms with Crippen molar-refractivity contribution < 1.29 is 9.32 Å². The van der Waals surface area contributed by atoms with Gasteiger partial charge in [-0.25, -0.2) is 0 Å². The fourth-order valence-electron chi connectivity index (χ4n) is 3.57. The topological polar surface area (TPSA) is 89.9 Å². The Morgan fingerprint density at radius 1 is 1.03 bits per heavy atom. The first-order valence-corrected chi connectivity index (χ1v) is 9.79. The maximum atomic E-state index is 13.4. The Morgan fingerprint density at radius 2 is 1.77 bits per heavy atom. The molecule has 1 atom stereocenters. The molecule has 8 nitrogen and oxygen atoms in total. The molecule has 0 saturated carbocycles. The van der Waals surface area contributed by atoms with Gasteiger partial charge in [0.25, 0.3) is 5.91 Å². The van der Waals surface area contributed by atoms with Gasteiger partial charge in [-0.3, -0.25) is 4.79 Å². The number of hydrogen-bond acceptors (Lipinski definition) is 6. The largest absolute Gasteiger partial charge is 0.337 e. The Bertz CT molecular complexity index is 1200. The van der Waals surface area contributed by atoms with Gasteiger partial charge < -0.3 is 9.42 Å². The first kappa shape index (κ1) is 18.2. The molecular formula is C22H20N6O2. The van der Waals surface area contributed by atoms with Crippen molar-refractivity contribution in [2.24, 2.45) is 0 Å². The predicted octanol–water partition coefficient (Wildman–Crippen LogP) is 3.52. The molecule has 0 spiro atoms. The summed E-state index contributed by atoms with van der Waals surface area (Å²) in [5.74, 6) is 0.884. The summed E-state index contributed by atoms with van der Waals surface area (Å²) < 4.78 is 5.51.